The van der Waals surface area contributed by atoms with Crippen LogP contribution in [-0.4, -0.2) is 27.9 Å². The van der Waals surface area contributed by atoms with Crippen LogP contribution in [0.5, 0.6) is 5.75 Å². The molecule has 0 radical (unpaired) electrons. The van der Waals surface area contributed by atoms with E-state index in [0.717, 1.165) is 25.0 Å². The molecule has 2 heterocycles. The van der Waals surface area contributed by atoms with Gasteiger partial charge in [-0.05, 0) is 31.0 Å². The van der Waals surface area contributed by atoms with Crippen LogP contribution < -0.4 is 5.56 Å². The quantitative estimate of drug-likeness (QED) is 0.913. The Balaban J connectivity index is 2.03. The van der Waals surface area contributed by atoms with Crippen molar-refractivity contribution < 1.29 is 23.0 Å². The Morgan fingerprint density at radius 3 is 2.71 bits per heavy atom. The van der Waals surface area contributed by atoms with Gasteiger partial charge >= 0.3 is 6.18 Å². The summed E-state index contributed by atoms with van der Waals surface area (Å²) in [7, 11) is 0. The van der Waals surface area contributed by atoms with E-state index in [2.05, 4.69) is 4.98 Å². The molecule has 3 rings (SSSR count). The van der Waals surface area contributed by atoms with Gasteiger partial charge in [0, 0.05) is 18.4 Å². The van der Waals surface area contributed by atoms with Crippen LogP contribution >= 0.6 is 0 Å². The molecule has 1 N–H and O–H groups in total. The Morgan fingerprint density at radius 1 is 1.29 bits per heavy atom. The molecule has 1 aromatic carbocycles. The van der Waals surface area contributed by atoms with E-state index in [0.29, 0.717) is 19.3 Å². The number of aromatic nitrogens is 2. The van der Waals surface area contributed by atoms with Gasteiger partial charge in [-0.15, -0.1) is 0 Å². The molecule has 0 spiro atoms. The summed E-state index contributed by atoms with van der Waals surface area (Å²) in [4.78, 5) is 16.6. The molecule has 1 aliphatic rings. The topological polar surface area (TPSA) is 64.3 Å². The van der Waals surface area contributed by atoms with Gasteiger partial charge in [-0.1, -0.05) is 0 Å². The van der Waals surface area contributed by atoms with E-state index in [1.165, 1.54) is 17.1 Å². The van der Waals surface area contributed by atoms with Crippen LogP contribution in [0.15, 0.2) is 35.5 Å². The van der Waals surface area contributed by atoms with E-state index in [-0.39, 0.29) is 17.2 Å². The normalized spacial score (nSPS) is 18.5. The summed E-state index contributed by atoms with van der Waals surface area (Å²) < 4.78 is 44.8. The SMILES string of the molecule is O=c1c(-c2ccc(C(F)(F)F)cc2O)cncn1[C@H]1CCCOC1. The van der Waals surface area contributed by atoms with E-state index >= 15 is 0 Å². The van der Waals surface area contributed by atoms with Crippen molar-refractivity contribution >= 4 is 0 Å². The van der Waals surface area contributed by atoms with Crippen LogP contribution in [0.2, 0.25) is 0 Å². The van der Waals surface area contributed by atoms with Gasteiger partial charge in [0.05, 0.1) is 30.1 Å². The number of benzene rings is 1. The van der Waals surface area contributed by atoms with Gasteiger partial charge in [0.15, 0.2) is 0 Å². The molecule has 0 saturated carbocycles. The van der Waals surface area contributed by atoms with E-state index in [1.807, 2.05) is 0 Å². The van der Waals surface area contributed by atoms with Gasteiger partial charge in [-0.2, -0.15) is 13.2 Å². The number of nitrogens with zero attached hydrogens (tertiary/aromatic N) is 2. The van der Waals surface area contributed by atoms with Gasteiger partial charge in [0.25, 0.3) is 5.56 Å². The molecule has 128 valence electrons. The zero-order valence-corrected chi connectivity index (χ0v) is 12.6. The van der Waals surface area contributed by atoms with E-state index in [4.69, 9.17) is 4.74 Å². The molecule has 1 aliphatic heterocycles. The van der Waals surface area contributed by atoms with Gasteiger partial charge in [-0.25, -0.2) is 4.98 Å². The number of aromatic hydroxyl groups is 1. The van der Waals surface area contributed by atoms with E-state index in [1.54, 1.807) is 0 Å². The van der Waals surface area contributed by atoms with Crippen LogP contribution in [-0.2, 0) is 10.9 Å². The molecular formula is C16H15F3N2O3. The highest BCUT2D eigenvalue weighted by molar-refractivity contribution is 5.69. The van der Waals surface area contributed by atoms with Crippen molar-refractivity contribution in [2.24, 2.45) is 0 Å². The predicted molar refractivity (Wildman–Crippen MR) is 79.7 cm³/mol. The lowest BCUT2D eigenvalue weighted by Crippen LogP contribution is -2.31. The minimum Gasteiger partial charge on any atom is -0.507 e. The molecule has 2 aromatic rings. The molecule has 0 unspecified atom stereocenters. The smallest absolute Gasteiger partial charge is 0.416 e. The summed E-state index contributed by atoms with van der Waals surface area (Å²) in [5, 5.41) is 9.93. The third-order valence-electron chi connectivity index (χ3n) is 4.00. The van der Waals surface area contributed by atoms with Crippen LogP contribution in [0.25, 0.3) is 11.1 Å². The van der Waals surface area contributed by atoms with Gasteiger partial charge < -0.3 is 9.84 Å². The first-order chi connectivity index (χ1) is 11.4. The summed E-state index contributed by atoms with van der Waals surface area (Å²) in [6.45, 7) is 1.02. The number of phenols is 1. The largest absolute Gasteiger partial charge is 0.507 e. The lowest BCUT2D eigenvalue weighted by atomic mass is 10.0. The Labute approximate surface area is 135 Å². The number of phenolic OH excluding ortho intramolecular Hbond substituents is 1. The highest BCUT2D eigenvalue weighted by Crippen LogP contribution is 2.35. The average molecular weight is 340 g/mol. The Kier molecular flexibility index (Phi) is 4.31. The molecule has 24 heavy (non-hydrogen) atoms. The summed E-state index contributed by atoms with van der Waals surface area (Å²) >= 11 is 0. The molecule has 1 atom stereocenters. The van der Waals surface area contributed by atoms with Crippen molar-refractivity contribution in [2.45, 2.75) is 25.1 Å². The summed E-state index contributed by atoms with van der Waals surface area (Å²) in [5.74, 6) is -0.610. The monoisotopic (exact) mass is 340 g/mol. The highest BCUT2D eigenvalue weighted by Gasteiger charge is 2.31. The second kappa shape index (κ2) is 6.27. The zero-order chi connectivity index (χ0) is 17.3. The standard InChI is InChI=1S/C16H15F3N2O3/c17-16(18,19)10-3-4-12(14(22)6-10)13-7-20-9-21(15(13)23)11-2-1-5-24-8-11/h3-4,6-7,9,11,22H,1-2,5,8H2/t11-/m0/s1. The lowest BCUT2D eigenvalue weighted by Gasteiger charge is -2.24. The number of ether oxygens (including phenoxy) is 1. The van der Waals surface area contributed by atoms with Crippen LogP contribution in [0.3, 0.4) is 0 Å². The van der Waals surface area contributed by atoms with Crippen LogP contribution in [0.1, 0.15) is 24.4 Å². The number of alkyl halides is 3. The molecule has 1 aromatic heterocycles. The van der Waals surface area contributed by atoms with Gasteiger partial charge in [0.2, 0.25) is 0 Å². The average Bonchev–Trinajstić information content (AvgIpc) is 2.55. The predicted octanol–water partition coefficient (Wildman–Crippen LogP) is 2.99. The molecule has 8 heteroatoms. The summed E-state index contributed by atoms with van der Waals surface area (Å²) in [6.07, 6.45) is -0.376. The van der Waals surface area contributed by atoms with E-state index < -0.39 is 23.0 Å². The first-order valence-electron chi connectivity index (χ1n) is 7.42. The van der Waals surface area contributed by atoms with Crippen LogP contribution in [0.4, 0.5) is 13.2 Å². The maximum Gasteiger partial charge on any atom is 0.416 e. The Hall–Kier alpha value is -2.35. The number of halogens is 3. The van der Waals surface area contributed by atoms with Gasteiger partial charge in [-0.3, -0.25) is 9.36 Å². The number of hydrogen-bond donors (Lipinski definition) is 1. The third kappa shape index (κ3) is 3.14. The molecule has 0 aliphatic carbocycles. The molecule has 0 amide bonds. The second-order valence-corrected chi connectivity index (χ2v) is 5.62. The maximum absolute atomic E-state index is 12.7. The fourth-order valence-electron chi connectivity index (χ4n) is 2.75. The summed E-state index contributed by atoms with van der Waals surface area (Å²) in [5.41, 5.74) is -1.33. The second-order valence-electron chi connectivity index (χ2n) is 5.62. The molecular weight excluding hydrogens is 325 g/mol. The van der Waals surface area contributed by atoms with Crippen LogP contribution in [0, 0.1) is 0 Å². The number of hydrogen-bond acceptors (Lipinski definition) is 4. The van der Waals surface area contributed by atoms with Crippen molar-refractivity contribution in [2.75, 3.05) is 13.2 Å². The third-order valence-corrected chi connectivity index (χ3v) is 4.00. The first kappa shape index (κ1) is 16.5. The molecule has 5 nitrogen and oxygen atoms in total. The lowest BCUT2D eigenvalue weighted by molar-refractivity contribution is -0.137. The van der Waals surface area contributed by atoms with Gasteiger partial charge in [0.1, 0.15) is 5.75 Å². The van der Waals surface area contributed by atoms with Crippen molar-refractivity contribution in [3.8, 4) is 16.9 Å². The van der Waals surface area contributed by atoms with Crippen molar-refractivity contribution in [1.29, 1.82) is 0 Å². The molecule has 1 fully saturated rings. The fourth-order valence-corrected chi connectivity index (χ4v) is 2.75. The number of rotatable bonds is 2. The van der Waals surface area contributed by atoms with Crippen molar-refractivity contribution in [3.63, 3.8) is 0 Å². The maximum atomic E-state index is 12.7. The fraction of sp³-hybridized carbons (Fsp3) is 0.375. The molecule has 0 bridgehead atoms. The minimum atomic E-state index is -4.56. The Bertz CT molecular complexity index is 796. The van der Waals surface area contributed by atoms with Crippen molar-refractivity contribution in [1.82, 2.24) is 9.55 Å². The van der Waals surface area contributed by atoms with Crippen molar-refractivity contribution in [3.05, 3.63) is 46.6 Å². The Morgan fingerprint density at radius 2 is 2.08 bits per heavy atom. The molecule has 1 saturated heterocycles. The zero-order valence-electron chi connectivity index (χ0n) is 12.6. The minimum absolute atomic E-state index is 0.0200. The summed E-state index contributed by atoms with van der Waals surface area (Å²) in [6, 6.07) is 2.35. The van der Waals surface area contributed by atoms with E-state index in [9.17, 15) is 23.1 Å². The highest BCUT2D eigenvalue weighted by atomic mass is 19.4. The first-order valence-corrected chi connectivity index (χ1v) is 7.42.